The lowest BCUT2D eigenvalue weighted by atomic mass is 9.66. The van der Waals surface area contributed by atoms with E-state index in [1.165, 1.54) is 6.92 Å². The van der Waals surface area contributed by atoms with Gasteiger partial charge in [0.1, 0.15) is 12.2 Å². The zero-order valence-corrected chi connectivity index (χ0v) is 14.1. The first-order valence-corrected chi connectivity index (χ1v) is 8.30. The molecule has 5 heteroatoms. The van der Waals surface area contributed by atoms with Crippen LogP contribution in [0.2, 0.25) is 0 Å². The van der Waals surface area contributed by atoms with E-state index in [1.807, 2.05) is 27.7 Å². The minimum absolute atomic E-state index is 0.0371. The van der Waals surface area contributed by atoms with E-state index in [9.17, 15) is 15.0 Å². The number of rotatable bonds is 2. The zero-order chi connectivity index (χ0) is 16.5. The molecule has 126 valence electrons. The molecule has 2 N–H and O–H groups in total. The van der Waals surface area contributed by atoms with Gasteiger partial charge >= 0.3 is 5.97 Å². The summed E-state index contributed by atoms with van der Waals surface area (Å²) in [7, 11) is 0. The average Bonchev–Trinajstić information content (AvgIpc) is 2.94. The molecule has 1 aliphatic heterocycles. The fourth-order valence-electron chi connectivity index (χ4n) is 5.15. The number of aliphatic hydroxyl groups excluding tert-OH is 1. The highest BCUT2D eigenvalue weighted by Crippen LogP contribution is 2.63. The van der Waals surface area contributed by atoms with Gasteiger partial charge in [0.25, 0.3) is 0 Å². The van der Waals surface area contributed by atoms with Gasteiger partial charge < -0.3 is 19.7 Å². The van der Waals surface area contributed by atoms with Gasteiger partial charge in [-0.3, -0.25) is 4.79 Å². The molecule has 2 aliphatic carbocycles. The minimum Gasteiger partial charge on any atom is -0.459 e. The van der Waals surface area contributed by atoms with E-state index >= 15 is 0 Å². The quantitative estimate of drug-likeness (QED) is 0.598. The van der Waals surface area contributed by atoms with Crippen LogP contribution >= 0.6 is 0 Å². The highest BCUT2D eigenvalue weighted by Gasteiger charge is 2.72. The Bertz CT molecular complexity index is 491. The summed E-state index contributed by atoms with van der Waals surface area (Å²) in [5, 5.41) is 22.1. The Kier molecular flexibility index (Phi) is 3.45. The summed E-state index contributed by atoms with van der Waals surface area (Å²) in [6.45, 7) is 9.37. The number of aliphatic hydroxyl groups is 2. The average molecular weight is 312 g/mol. The Labute approximate surface area is 132 Å². The molecular weight excluding hydrogens is 284 g/mol. The number of carbonyl (C=O) groups excluding carboxylic acids is 1. The first kappa shape index (κ1) is 16.2. The Hall–Kier alpha value is -0.650. The molecule has 3 aliphatic rings. The van der Waals surface area contributed by atoms with E-state index in [0.717, 1.165) is 6.42 Å². The third kappa shape index (κ3) is 2.05. The molecule has 0 aromatic carbocycles. The molecule has 5 nitrogen and oxygen atoms in total. The largest absolute Gasteiger partial charge is 0.459 e. The molecule has 1 heterocycles. The van der Waals surface area contributed by atoms with Gasteiger partial charge in [-0.05, 0) is 25.7 Å². The number of ether oxygens (including phenoxy) is 2. The highest BCUT2D eigenvalue weighted by molar-refractivity contribution is 5.66. The second-order valence-corrected chi connectivity index (χ2v) is 8.28. The van der Waals surface area contributed by atoms with Crippen LogP contribution in [0.25, 0.3) is 0 Å². The Morgan fingerprint density at radius 1 is 1.32 bits per heavy atom. The molecule has 0 spiro atoms. The van der Waals surface area contributed by atoms with Crippen LogP contribution in [-0.4, -0.2) is 45.7 Å². The van der Waals surface area contributed by atoms with Crippen molar-refractivity contribution >= 4 is 5.97 Å². The number of carbonyl (C=O) groups is 1. The predicted octanol–water partition coefficient (Wildman–Crippen LogP) is 1.64. The monoisotopic (exact) mass is 312 g/mol. The lowest BCUT2D eigenvalue weighted by molar-refractivity contribution is -0.170. The third-order valence-electron chi connectivity index (χ3n) is 6.47. The van der Waals surface area contributed by atoms with Crippen LogP contribution in [0.15, 0.2) is 0 Å². The third-order valence-corrected chi connectivity index (χ3v) is 6.47. The van der Waals surface area contributed by atoms with E-state index < -0.39 is 28.8 Å². The van der Waals surface area contributed by atoms with Gasteiger partial charge in [-0.1, -0.05) is 20.8 Å². The highest BCUT2D eigenvalue weighted by atomic mass is 16.6. The summed E-state index contributed by atoms with van der Waals surface area (Å²) in [4.78, 5) is 11.6. The zero-order valence-electron chi connectivity index (χ0n) is 14.1. The van der Waals surface area contributed by atoms with Gasteiger partial charge in [0.2, 0.25) is 0 Å². The van der Waals surface area contributed by atoms with Gasteiger partial charge in [0.15, 0.2) is 0 Å². The second-order valence-electron chi connectivity index (χ2n) is 8.28. The number of fused-ring (bicyclic) bond motifs is 2. The van der Waals surface area contributed by atoms with Crippen molar-refractivity contribution in [2.24, 2.45) is 17.3 Å². The van der Waals surface area contributed by atoms with Crippen molar-refractivity contribution in [2.75, 3.05) is 0 Å². The molecule has 0 bridgehead atoms. The second kappa shape index (κ2) is 4.68. The van der Waals surface area contributed by atoms with Gasteiger partial charge in [-0.25, -0.2) is 0 Å². The maximum Gasteiger partial charge on any atom is 0.303 e. The van der Waals surface area contributed by atoms with E-state index in [1.54, 1.807) is 0 Å². The van der Waals surface area contributed by atoms with E-state index in [0.29, 0.717) is 12.8 Å². The standard InChI is InChI=1S/C17H28O5/c1-9(2)17(20)7-6-15(4)12(17)11(19)8-16(5)14(22-16)13(15)21-10(3)18/h9,11-14,19-20H,6-8H2,1-5H3/t11-,12+,13+,14-,15-,16+,17+/m0/s1. The van der Waals surface area contributed by atoms with Gasteiger partial charge in [-0.2, -0.15) is 0 Å². The molecule has 22 heavy (non-hydrogen) atoms. The first-order valence-electron chi connectivity index (χ1n) is 8.30. The summed E-state index contributed by atoms with van der Waals surface area (Å²) < 4.78 is 11.5. The lowest BCUT2D eigenvalue weighted by Gasteiger charge is -2.45. The van der Waals surface area contributed by atoms with Crippen molar-refractivity contribution < 1.29 is 24.5 Å². The Morgan fingerprint density at radius 3 is 2.50 bits per heavy atom. The van der Waals surface area contributed by atoms with Crippen molar-refractivity contribution in [3.63, 3.8) is 0 Å². The van der Waals surface area contributed by atoms with E-state index in [-0.39, 0.29) is 23.9 Å². The maximum absolute atomic E-state index is 11.6. The molecule has 2 saturated carbocycles. The molecule has 7 atom stereocenters. The molecule has 0 unspecified atom stereocenters. The summed E-state index contributed by atoms with van der Waals surface area (Å²) >= 11 is 0. The normalized spacial score (nSPS) is 53.6. The fraction of sp³-hybridized carbons (Fsp3) is 0.941. The molecule has 0 radical (unpaired) electrons. The van der Waals surface area contributed by atoms with E-state index in [4.69, 9.17) is 9.47 Å². The van der Waals surface area contributed by atoms with E-state index in [2.05, 4.69) is 0 Å². The SMILES string of the molecule is CC(=O)O[C@@H]1[C@@H]2O[C@]2(C)C[C@H](O)[C@@H]2[C@]1(C)CC[C@@]2(O)C(C)C. The van der Waals surface area contributed by atoms with Crippen molar-refractivity contribution in [3.05, 3.63) is 0 Å². The van der Waals surface area contributed by atoms with Crippen LogP contribution in [0, 0.1) is 17.3 Å². The van der Waals surface area contributed by atoms with Gasteiger partial charge in [0, 0.05) is 24.7 Å². The van der Waals surface area contributed by atoms with Crippen molar-refractivity contribution in [3.8, 4) is 0 Å². The molecule has 0 aromatic heterocycles. The van der Waals surface area contributed by atoms with Crippen LogP contribution in [0.1, 0.15) is 53.9 Å². The van der Waals surface area contributed by atoms with Gasteiger partial charge in [0.05, 0.1) is 17.3 Å². The van der Waals surface area contributed by atoms with Crippen molar-refractivity contribution in [1.29, 1.82) is 0 Å². The van der Waals surface area contributed by atoms with Crippen LogP contribution in [-0.2, 0) is 14.3 Å². The van der Waals surface area contributed by atoms with Crippen LogP contribution in [0.3, 0.4) is 0 Å². The molecule has 0 aromatic rings. The lowest BCUT2D eigenvalue weighted by Crippen LogP contribution is -2.53. The van der Waals surface area contributed by atoms with Crippen molar-refractivity contribution in [1.82, 2.24) is 0 Å². The number of hydrogen-bond acceptors (Lipinski definition) is 5. The fourth-order valence-corrected chi connectivity index (χ4v) is 5.15. The Balaban J connectivity index is 2.04. The molecular formula is C17H28O5. The number of epoxide rings is 1. The topological polar surface area (TPSA) is 79.3 Å². The van der Waals surface area contributed by atoms with Crippen LogP contribution in [0.5, 0.6) is 0 Å². The minimum atomic E-state index is -0.931. The Morgan fingerprint density at radius 2 is 1.95 bits per heavy atom. The number of hydrogen-bond donors (Lipinski definition) is 2. The molecule has 3 fully saturated rings. The summed E-state index contributed by atoms with van der Waals surface area (Å²) in [5.74, 6) is -0.605. The summed E-state index contributed by atoms with van der Waals surface area (Å²) in [5.41, 5.74) is -1.85. The number of esters is 1. The van der Waals surface area contributed by atoms with Crippen molar-refractivity contribution in [2.45, 2.75) is 83.4 Å². The smallest absolute Gasteiger partial charge is 0.303 e. The summed E-state index contributed by atoms with van der Waals surface area (Å²) in [6.07, 6.45) is 0.558. The molecule has 1 saturated heterocycles. The summed E-state index contributed by atoms with van der Waals surface area (Å²) in [6, 6.07) is 0. The first-order chi connectivity index (χ1) is 10.0. The van der Waals surface area contributed by atoms with Crippen LogP contribution < -0.4 is 0 Å². The molecule has 0 amide bonds. The van der Waals surface area contributed by atoms with Gasteiger partial charge in [-0.15, -0.1) is 0 Å². The maximum atomic E-state index is 11.6. The van der Waals surface area contributed by atoms with Crippen LogP contribution in [0.4, 0.5) is 0 Å². The predicted molar refractivity (Wildman–Crippen MR) is 80.1 cm³/mol. The molecule has 3 rings (SSSR count).